The Morgan fingerprint density at radius 3 is 2.43 bits per heavy atom. The van der Waals surface area contributed by atoms with Crippen molar-refractivity contribution in [3.05, 3.63) is 68.5 Å². The third-order valence-electron chi connectivity index (χ3n) is 18.3. The number of hydrogen-bond donors (Lipinski definition) is 0. The number of aryl methyl sites for hydroxylation is 1. The van der Waals surface area contributed by atoms with Gasteiger partial charge in [0.1, 0.15) is 18.5 Å². The highest BCUT2D eigenvalue weighted by molar-refractivity contribution is 6.70. The van der Waals surface area contributed by atoms with Crippen LogP contribution in [0.5, 0.6) is 5.75 Å². The number of ether oxygens (including phenoxy) is 5. The molecule has 6 aliphatic rings. The van der Waals surface area contributed by atoms with Gasteiger partial charge in [-0.2, -0.15) is 0 Å². The quantitative estimate of drug-likeness (QED) is 0.0261. The summed E-state index contributed by atoms with van der Waals surface area (Å²) in [7, 11) is -2.29. The maximum atomic E-state index is 14.1. The molecule has 1 unspecified atom stereocenters. The van der Waals surface area contributed by atoms with Crippen LogP contribution in [0, 0.1) is 46.3 Å². The first-order chi connectivity index (χ1) is 34.2. The average molecular weight is 1010 g/mol. The van der Waals surface area contributed by atoms with Crippen LogP contribution < -0.4 is 10.3 Å². The highest BCUT2D eigenvalue weighted by Gasteiger charge is 2.59. The second-order valence-electron chi connectivity index (χ2n) is 24.0. The van der Waals surface area contributed by atoms with E-state index in [9.17, 15) is 24.0 Å². The van der Waals surface area contributed by atoms with Crippen LogP contribution in [0.4, 0.5) is 4.79 Å². The summed E-state index contributed by atoms with van der Waals surface area (Å²) in [6, 6.07) is 6.91. The van der Waals surface area contributed by atoms with E-state index in [4.69, 9.17) is 33.1 Å². The minimum atomic E-state index is -2.29. The number of pyridine rings is 2. The van der Waals surface area contributed by atoms with E-state index in [1.807, 2.05) is 39.6 Å². The zero-order valence-electron chi connectivity index (χ0n) is 44.5. The molecular formula is C58H78N2O11Si. The molecule has 1 aromatic carbocycles. The Balaban J connectivity index is 0.753. The fourth-order valence-electron chi connectivity index (χ4n) is 14.8. The molecule has 4 aliphatic carbocycles. The van der Waals surface area contributed by atoms with Gasteiger partial charge in [0.15, 0.2) is 13.9 Å². The van der Waals surface area contributed by atoms with Crippen LogP contribution >= 0.6 is 0 Å². The van der Waals surface area contributed by atoms with Crippen LogP contribution in [0.3, 0.4) is 0 Å². The summed E-state index contributed by atoms with van der Waals surface area (Å²) in [5.74, 6) is 3.20. The monoisotopic (exact) mass is 1010 g/mol. The van der Waals surface area contributed by atoms with Crippen molar-refractivity contribution in [3.8, 4) is 17.1 Å². The van der Waals surface area contributed by atoms with Gasteiger partial charge in [-0.15, -0.1) is 0 Å². The van der Waals surface area contributed by atoms with Crippen molar-refractivity contribution in [1.82, 2.24) is 9.55 Å². The van der Waals surface area contributed by atoms with Gasteiger partial charge >= 0.3 is 24.1 Å². The molecule has 0 amide bonds. The Bertz CT molecular complexity index is 2720. The summed E-state index contributed by atoms with van der Waals surface area (Å²) < 4.78 is 35.5. The van der Waals surface area contributed by atoms with Crippen LogP contribution in [0.1, 0.15) is 161 Å². The van der Waals surface area contributed by atoms with Crippen molar-refractivity contribution < 1.29 is 47.3 Å². The van der Waals surface area contributed by atoms with Crippen molar-refractivity contribution in [3.63, 3.8) is 0 Å². The molecule has 9 atom stereocenters. The first-order valence-electron chi connectivity index (χ1n) is 27.2. The van der Waals surface area contributed by atoms with Crippen LogP contribution in [0.15, 0.2) is 40.7 Å². The lowest BCUT2D eigenvalue weighted by atomic mass is 9.47. The van der Waals surface area contributed by atoms with Crippen LogP contribution in [-0.2, 0) is 62.9 Å². The van der Waals surface area contributed by atoms with Gasteiger partial charge in [-0.05, 0) is 154 Å². The van der Waals surface area contributed by atoms with Gasteiger partial charge in [0.25, 0.3) is 5.56 Å². The molecule has 3 aromatic rings. The van der Waals surface area contributed by atoms with Gasteiger partial charge in [-0.1, -0.05) is 79.4 Å². The molecule has 3 saturated carbocycles. The number of rotatable bonds is 16. The number of benzene rings is 1. The fourth-order valence-corrected chi connectivity index (χ4v) is 16.2. The molecule has 0 N–H and O–H groups in total. The number of allylic oxidation sites excluding steroid dienone is 1. The molecule has 9 rings (SSSR count). The first-order valence-corrected chi connectivity index (χ1v) is 30.6. The lowest BCUT2D eigenvalue weighted by Crippen LogP contribution is -2.51. The molecular weight excluding hydrogens is 929 g/mol. The van der Waals surface area contributed by atoms with E-state index >= 15 is 0 Å². The minimum Gasteiger partial charge on any atom is -0.462 e. The zero-order valence-corrected chi connectivity index (χ0v) is 45.5. The van der Waals surface area contributed by atoms with Crippen molar-refractivity contribution in [2.45, 2.75) is 189 Å². The van der Waals surface area contributed by atoms with E-state index < -0.39 is 44.8 Å². The second kappa shape index (κ2) is 20.1. The number of fused-ring (bicyclic) bond motifs is 10. The van der Waals surface area contributed by atoms with Gasteiger partial charge in [0.2, 0.25) is 6.79 Å². The Labute approximate surface area is 426 Å². The molecule has 0 radical (unpaired) electrons. The lowest BCUT2D eigenvalue weighted by Gasteiger charge is -2.58. The van der Waals surface area contributed by atoms with Gasteiger partial charge in [-0.25, -0.2) is 14.6 Å². The normalized spacial score (nSPS) is 28.6. The van der Waals surface area contributed by atoms with Gasteiger partial charge < -0.3 is 32.7 Å². The van der Waals surface area contributed by atoms with Crippen LogP contribution in [-0.4, -0.2) is 54.8 Å². The maximum Gasteiger partial charge on any atom is 0.516 e. The molecule has 0 bridgehead atoms. The van der Waals surface area contributed by atoms with Crippen LogP contribution in [0.25, 0.3) is 22.3 Å². The van der Waals surface area contributed by atoms with Crippen molar-refractivity contribution in [2.24, 2.45) is 46.3 Å². The summed E-state index contributed by atoms with van der Waals surface area (Å²) in [4.78, 5) is 71.0. The highest BCUT2D eigenvalue weighted by atomic mass is 28.4. The first kappa shape index (κ1) is 52.1. The third kappa shape index (κ3) is 9.61. The summed E-state index contributed by atoms with van der Waals surface area (Å²) in [5.41, 5.74) is 5.06. The minimum absolute atomic E-state index is 0.125. The predicted octanol–water partition coefficient (Wildman–Crippen LogP) is 12.3. The molecule has 14 heteroatoms. The van der Waals surface area contributed by atoms with Crippen molar-refractivity contribution >= 4 is 43.3 Å². The predicted molar refractivity (Wildman–Crippen MR) is 276 cm³/mol. The summed E-state index contributed by atoms with van der Waals surface area (Å²) >= 11 is 0. The van der Waals surface area contributed by atoms with E-state index in [1.165, 1.54) is 50.5 Å². The van der Waals surface area contributed by atoms with Crippen LogP contribution in [0.2, 0.25) is 19.6 Å². The number of aromatic nitrogens is 2. The molecule has 13 nitrogen and oxygen atoms in total. The molecule has 4 heterocycles. The zero-order chi connectivity index (χ0) is 51.5. The highest BCUT2D eigenvalue weighted by Crippen LogP contribution is 2.67. The molecule has 0 saturated heterocycles. The van der Waals surface area contributed by atoms with Gasteiger partial charge in [-0.3, -0.25) is 14.4 Å². The van der Waals surface area contributed by atoms with E-state index in [-0.39, 0.29) is 48.8 Å². The average Bonchev–Trinajstić information content (AvgIpc) is 3.88. The van der Waals surface area contributed by atoms with E-state index in [1.54, 1.807) is 22.8 Å². The molecule has 2 aliphatic heterocycles. The van der Waals surface area contributed by atoms with Gasteiger partial charge in [0.05, 0.1) is 41.9 Å². The second-order valence-corrected chi connectivity index (χ2v) is 28.4. The Kier molecular flexibility index (Phi) is 14.6. The maximum absolute atomic E-state index is 14.1. The molecule has 3 fully saturated rings. The molecule has 72 heavy (non-hydrogen) atoms. The summed E-state index contributed by atoms with van der Waals surface area (Å²) in [6.07, 6.45) is 14.9. The third-order valence-corrected chi connectivity index (χ3v) is 19.2. The largest absolute Gasteiger partial charge is 0.516 e. The fraction of sp³-hybridized carbons (Fsp3) is 0.655. The Hall–Kier alpha value is -4.82. The smallest absolute Gasteiger partial charge is 0.462 e. The Morgan fingerprint density at radius 2 is 1.69 bits per heavy atom. The van der Waals surface area contributed by atoms with Gasteiger partial charge in [0, 0.05) is 22.9 Å². The SMILES string of the molecule is CCc1c2c(nc3ccc(OC(=O)OCOC(=O)CCC(=O)O[C@H]4CC[C@@]5(C)C(=CC[C@H]6[C@@H]7CC[C@H]([C@H](C)CCCC(C)C)[C@@]7(C)CC[C@@H]65)C4)cc13)-c1cc3c(c(=O)n1C2)COC(=O)C3(CC)O[Si](C)(C)C. The molecule has 390 valence electrons. The number of esters is 3. The Morgan fingerprint density at radius 1 is 0.917 bits per heavy atom. The van der Waals surface area contributed by atoms with E-state index in [0.29, 0.717) is 52.2 Å². The summed E-state index contributed by atoms with van der Waals surface area (Å²) in [6.45, 7) is 21.7. The number of carbonyl (C=O) groups excluding carboxylic acids is 4. The van der Waals surface area contributed by atoms with E-state index in [0.717, 1.165) is 71.8 Å². The number of cyclic esters (lactones) is 1. The topological polar surface area (TPSA) is 159 Å². The number of carbonyl (C=O) groups is 4. The standard InChI is InChI=1S/C58H78N2O11Si/c1-11-39-41-29-37(17-21-48(41)59-52-42(39)31-60-49(52)30-47-43(53(60)63)32-66-54(64)58(47,12-2)71-72(8,9)10)70-55(65)68-33-67-50(61)22-23-51(62)69-38-24-26-56(6)36(28-38)16-18-40-45-20-19-44(35(5)15-13-14-34(3)4)57(45,7)27-25-46(40)56/h16-17,21,29-30,34-35,38,40,44-46H,11-15,18-20,22-28,31-33H2,1-10H3/t35-,38+,40+,44-,45+,46+,56+,57-,58?/m1/s1. The lowest BCUT2D eigenvalue weighted by molar-refractivity contribution is -0.169. The summed E-state index contributed by atoms with van der Waals surface area (Å²) in [5, 5.41) is 0.742. The molecule has 2 aromatic heterocycles. The van der Waals surface area contributed by atoms with E-state index in [2.05, 4.69) is 40.7 Å². The number of nitrogens with zero attached hydrogens (tertiary/aromatic N) is 2. The van der Waals surface area contributed by atoms with Crippen molar-refractivity contribution in [2.75, 3.05) is 6.79 Å². The van der Waals surface area contributed by atoms with Crippen molar-refractivity contribution in [1.29, 1.82) is 0 Å². The molecule has 0 spiro atoms. The number of hydrogen-bond acceptors (Lipinski definition) is 12.